The summed E-state index contributed by atoms with van der Waals surface area (Å²) in [5.41, 5.74) is 5.08. The number of halogens is 1. The van der Waals surface area contributed by atoms with Crippen molar-refractivity contribution in [1.82, 2.24) is 5.43 Å². The van der Waals surface area contributed by atoms with Crippen LogP contribution in [0.3, 0.4) is 0 Å². The van der Waals surface area contributed by atoms with E-state index in [4.69, 9.17) is 0 Å². The minimum Gasteiger partial charge on any atom is -0.478 e. The quantitative estimate of drug-likeness (QED) is 0.268. The van der Waals surface area contributed by atoms with Gasteiger partial charge in [-0.3, -0.25) is 9.59 Å². The standard InChI is InChI=1S/C23H19FN4O4/c1-14-4-2-3-5-19(14)27-20-11-6-15(23(31)32)12-16(20)13-25-28-22(30)21(29)26-18-9-7-17(24)8-10-18/h2-13,27H,1H3,(H,26,29)(H,28,30)(H,31,32)/b25-13-. The number of rotatable bonds is 6. The van der Waals surface area contributed by atoms with Gasteiger partial charge in [0.15, 0.2) is 0 Å². The Labute approximate surface area is 182 Å². The average Bonchev–Trinajstić information content (AvgIpc) is 2.77. The van der Waals surface area contributed by atoms with Crippen molar-refractivity contribution in [1.29, 1.82) is 0 Å². The molecular formula is C23H19FN4O4. The van der Waals surface area contributed by atoms with Crippen molar-refractivity contribution in [3.63, 3.8) is 0 Å². The highest BCUT2D eigenvalue weighted by atomic mass is 19.1. The Kier molecular flexibility index (Phi) is 6.92. The van der Waals surface area contributed by atoms with Gasteiger partial charge in [-0.25, -0.2) is 14.6 Å². The Morgan fingerprint density at radius 2 is 1.66 bits per heavy atom. The van der Waals surface area contributed by atoms with Crippen LogP contribution >= 0.6 is 0 Å². The van der Waals surface area contributed by atoms with Crippen LogP contribution in [-0.4, -0.2) is 29.1 Å². The summed E-state index contributed by atoms with van der Waals surface area (Å²) in [6, 6.07) is 16.8. The van der Waals surface area contributed by atoms with Crippen LogP contribution in [0, 0.1) is 12.7 Å². The molecule has 0 bridgehead atoms. The molecule has 3 aromatic rings. The second kappa shape index (κ2) is 9.98. The number of amides is 2. The van der Waals surface area contributed by atoms with Crippen LogP contribution in [-0.2, 0) is 9.59 Å². The van der Waals surface area contributed by atoms with Gasteiger partial charge in [-0.05, 0) is 61.0 Å². The van der Waals surface area contributed by atoms with Gasteiger partial charge in [0.2, 0.25) is 0 Å². The number of para-hydroxylation sites is 1. The zero-order valence-electron chi connectivity index (χ0n) is 16.9. The summed E-state index contributed by atoms with van der Waals surface area (Å²) in [5.74, 6) is -3.64. The maximum Gasteiger partial charge on any atom is 0.335 e. The van der Waals surface area contributed by atoms with Crippen molar-refractivity contribution < 1.29 is 23.9 Å². The lowest BCUT2D eigenvalue weighted by molar-refractivity contribution is -0.136. The maximum atomic E-state index is 12.9. The van der Waals surface area contributed by atoms with Crippen LogP contribution < -0.4 is 16.1 Å². The number of benzene rings is 3. The molecule has 3 aromatic carbocycles. The van der Waals surface area contributed by atoms with Gasteiger partial charge in [-0.15, -0.1) is 0 Å². The summed E-state index contributed by atoms with van der Waals surface area (Å²) in [6.45, 7) is 1.92. The molecule has 0 radical (unpaired) electrons. The number of nitrogens with zero attached hydrogens (tertiary/aromatic N) is 1. The molecule has 0 heterocycles. The van der Waals surface area contributed by atoms with Crippen molar-refractivity contribution in [2.75, 3.05) is 10.6 Å². The third kappa shape index (κ3) is 5.76. The Morgan fingerprint density at radius 3 is 2.34 bits per heavy atom. The summed E-state index contributed by atoms with van der Waals surface area (Å²) in [4.78, 5) is 35.3. The molecule has 9 heteroatoms. The lowest BCUT2D eigenvalue weighted by Crippen LogP contribution is -2.32. The van der Waals surface area contributed by atoms with E-state index in [1.54, 1.807) is 6.07 Å². The number of carboxylic acids is 1. The van der Waals surface area contributed by atoms with Gasteiger partial charge in [0.1, 0.15) is 5.82 Å². The summed E-state index contributed by atoms with van der Waals surface area (Å²) in [6.07, 6.45) is 1.23. The number of carbonyl (C=O) groups is 3. The fourth-order valence-corrected chi connectivity index (χ4v) is 2.71. The van der Waals surface area contributed by atoms with Crippen LogP contribution in [0.1, 0.15) is 21.5 Å². The fraction of sp³-hybridized carbons (Fsp3) is 0.0435. The van der Waals surface area contributed by atoms with Crippen molar-refractivity contribution in [3.05, 3.63) is 89.2 Å². The Morgan fingerprint density at radius 1 is 0.938 bits per heavy atom. The number of anilines is 3. The van der Waals surface area contributed by atoms with Gasteiger partial charge in [-0.1, -0.05) is 18.2 Å². The van der Waals surface area contributed by atoms with Gasteiger partial charge in [0.05, 0.1) is 11.8 Å². The van der Waals surface area contributed by atoms with Crippen LogP contribution in [0.4, 0.5) is 21.5 Å². The number of carbonyl (C=O) groups excluding carboxylic acids is 2. The number of hydrazone groups is 1. The Bertz CT molecular complexity index is 1190. The molecule has 0 fully saturated rings. The Hall–Kier alpha value is -4.53. The number of aromatic carboxylic acids is 1. The van der Waals surface area contributed by atoms with Crippen molar-refractivity contribution in [3.8, 4) is 0 Å². The van der Waals surface area contributed by atoms with E-state index in [9.17, 15) is 23.9 Å². The topological polar surface area (TPSA) is 120 Å². The lowest BCUT2D eigenvalue weighted by atomic mass is 10.1. The Balaban J connectivity index is 1.74. The van der Waals surface area contributed by atoms with E-state index in [2.05, 4.69) is 21.2 Å². The normalized spacial score (nSPS) is 10.6. The third-order valence-electron chi connectivity index (χ3n) is 4.39. The minimum atomic E-state index is -1.12. The third-order valence-corrected chi connectivity index (χ3v) is 4.39. The average molecular weight is 434 g/mol. The highest BCUT2D eigenvalue weighted by molar-refractivity contribution is 6.39. The van der Waals surface area contributed by atoms with E-state index in [0.29, 0.717) is 11.3 Å². The van der Waals surface area contributed by atoms with Gasteiger partial charge in [0, 0.05) is 22.6 Å². The molecule has 0 aliphatic rings. The van der Waals surface area contributed by atoms with Crippen molar-refractivity contribution in [2.24, 2.45) is 5.10 Å². The molecule has 3 rings (SSSR count). The minimum absolute atomic E-state index is 0.0298. The molecule has 0 spiro atoms. The molecule has 0 unspecified atom stereocenters. The molecule has 0 saturated heterocycles. The van der Waals surface area contributed by atoms with Gasteiger partial charge in [-0.2, -0.15) is 5.10 Å². The van der Waals surface area contributed by atoms with Gasteiger partial charge in [0.25, 0.3) is 0 Å². The number of hydrogen-bond acceptors (Lipinski definition) is 5. The van der Waals surface area contributed by atoms with Gasteiger partial charge < -0.3 is 15.7 Å². The predicted molar refractivity (Wildman–Crippen MR) is 119 cm³/mol. The van der Waals surface area contributed by atoms with Crippen molar-refractivity contribution in [2.45, 2.75) is 6.92 Å². The van der Waals surface area contributed by atoms with Crippen LogP contribution in [0.15, 0.2) is 71.8 Å². The highest BCUT2D eigenvalue weighted by Crippen LogP contribution is 2.23. The molecule has 0 saturated carbocycles. The first-order chi connectivity index (χ1) is 15.3. The van der Waals surface area contributed by atoms with Crippen LogP contribution in [0.5, 0.6) is 0 Å². The monoisotopic (exact) mass is 434 g/mol. The maximum absolute atomic E-state index is 12.9. The lowest BCUT2D eigenvalue weighted by Gasteiger charge is -2.12. The van der Waals surface area contributed by atoms with Gasteiger partial charge >= 0.3 is 17.8 Å². The SMILES string of the molecule is Cc1ccccc1Nc1ccc(C(=O)O)cc1/C=N\NC(=O)C(=O)Nc1ccc(F)cc1. The van der Waals surface area contributed by atoms with E-state index < -0.39 is 23.6 Å². The molecule has 32 heavy (non-hydrogen) atoms. The smallest absolute Gasteiger partial charge is 0.335 e. The summed E-state index contributed by atoms with van der Waals surface area (Å²) < 4.78 is 12.9. The van der Waals surface area contributed by atoms with E-state index >= 15 is 0 Å². The first-order valence-corrected chi connectivity index (χ1v) is 9.43. The zero-order valence-corrected chi connectivity index (χ0v) is 16.9. The zero-order chi connectivity index (χ0) is 23.1. The van der Waals surface area contributed by atoms with E-state index in [1.165, 1.54) is 30.5 Å². The molecule has 8 nitrogen and oxygen atoms in total. The summed E-state index contributed by atoms with van der Waals surface area (Å²) in [7, 11) is 0. The van der Waals surface area contributed by atoms with Crippen LogP contribution in [0.2, 0.25) is 0 Å². The van der Waals surface area contributed by atoms with Crippen molar-refractivity contribution >= 4 is 41.1 Å². The molecule has 0 aromatic heterocycles. The fourth-order valence-electron chi connectivity index (χ4n) is 2.71. The first kappa shape index (κ1) is 22.2. The summed E-state index contributed by atoms with van der Waals surface area (Å²) in [5, 5.41) is 18.5. The summed E-state index contributed by atoms with van der Waals surface area (Å²) >= 11 is 0. The molecule has 2 amide bonds. The van der Waals surface area contributed by atoms with E-state index in [1.807, 2.05) is 31.2 Å². The number of nitrogens with one attached hydrogen (secondary N) is 3. The molecule has 0 aliphatic carbocycles. The molecular weight excluding hydrogens is 415 g/mol. The van der Waals surface area contributed by atoms with E-state index in [-0.39, 0.29) is 11.3 Å². The van der Waals surface area contributed by atoms with Crippen LogP contribution in [0.25, 0.3) is 0 Å². The second-order valence-electron chi connectivity index (χ2n) is 6.71. The predicted octanol–water partition coefficient (Wildman–Crippen LogP) is 3.66. The highest BCUT2D eigenvalue weighted by Gasteiger charge is 2.13. The molecule has 162 valence electrons. The molecule has 0 atom stereocenters. The largest absolute Gasteiger partial charge is 0.478 e. The first-order valence-electron chi connectivity index (χ1n) is 9.43. The number of hydrogen-bond donors (Lipinski definition) is 4. The number of aryl methyl sites for hydroxylation is 1. The second-order valence-corrected chi connectivity index (χ2v) is 6.71. The number of carboxylic acid groups (broad SMARTS) is 1. The van der Waals surface area contributed by atoms with E-state index in [0.717, 1.165) is 23.4 Å². The molecule has 0 aliphatic heterocycles. The molecule has 4 N–H and O–H groups in total.